The van der Waals surface area contributed by atoms with Gasteiger partial charge in [-0.3, -0.25) is 9.59 Å². The molecule has 2 amide bonds. The van der Waals surface area contributed by atoms with Crippen molar-refractivity contribution in [3.05, 3.63) is 0 Å². The molecule has 0 aliphatic carbocycles. The second kappa shape index (κ2) is 7.27. The number of nitrogens with one attached hydrogen (secondary N) is 2. The summed E-state index contributed by atoms with van der Waals surface area (Å²) in [6, 6.07) is 0. The number of nitrogens with two attached hydrogens (primary N) is 1. The fraction of sp³-hybridized carbons (Fsp3) is 0.833. The molecule has 5 nitrogen and oxygen atoms in total. The lowest BCUT2D eigenvalue weighted by atomic mass is 9.84. The SMILES string of the molecule is CC(=O)NCCNC(=O)C(CN)CC(C)(C)C. The first-order chi connectivity index (χ1) is 7.76. The smallest absolute Gasteiger partial charge is 0.224 e. The van der Waals surface area contributed by atoms with Gasteiger partial charge in [0, 0.05) is 26.6 Å². The highest BCUT2D eigenvalue weighted by Crippen LogP contribution is 2.23. The van der Waals surface area contributed by atoms with Crippen LogP contribution in [0.4, 0.5) is 0 Å². The van der Waals surface area contributed by atoms with Crippen LogP contribution in [0.15, 0.2) is 0 Å². The minimum Gasteiger partial charge on any atom is -0.355 e. The molecule has 0 bridgehead atoms. The lowest BCUT2D eigenvalue weighted by Gasteiger charge is -2.24. The summed E-state index contributed by atoms with van der Waals surface area (Å²) in [7, 11) is 0. The van der Waals surface area contributed by atoms with E-state index in [4.69, 9.17) is 5.73 Å². The van der Waals surface area contributed by atoms with Gasteiger partial charge in [0.15, 0.2) is 0 Å². The van der Waals surface area contributed by atoms with Gasteiger partial charge in [-0.05, 0) is 11.8 Å². The van der Waals surface area contributed by atoms with Crippen LogP contribution in [0.25, 0.3) is 0 Å². The summed E-state index contributed by atoms with van der Waals surface area (Å²) in [5, 5.41) is 5.40. The molecule has 17 heavy (non-hydrogen) atoms. The second-order valence-corrected chi connectivity index (χ2v) is 5.47. The lowest BCUT2D eigenvalue weighted by molar-refractivity contribution is -0.126. The molecule has 0 heterocycles. The minimum atomic E-state index is -0.160. The molecule has 1 unspecified atom stereocenters. The zero-order chi connectivity index (χ0) is 13.5. The Hall–Kier alpha value is -1.10. The maximum atomic E-state index is 11.8. The van der Waals surface area contributed by atoms with Crippen LogP contribution in [0.2, 0.25) is 0 Å². The Balaban J connectivity index is 3.97. The van der Waals surface area contributed by atoms with Crippen LogP contribution < -0.4 is 16.4 Å². The monoisotopic (exact) mass is 243 g/mol. The fourth-order valence-corrected chi connectivity index (χ4v) is 1.59. The average Bonchev–Trinajstić information content (AvgIpc) is 2.19. The number of rotatable bonds is 6. The Morgan fingerprint density at radius 2 is 1.71 bits per heavy atom. The van der Waals surface area contributed by atoms with Crippen molar-refractivity contribution in [1.82, 2.24) is 10.6 Å². The molecule has 4 N–H and O–H groups in total. The molecule has 100 valence electrons. The first-order valence-corrected chi connectivity index (χ1v) is 5.98. The van der Waals surface area contributed by atoms with Gasteiger partial charge in [0.05, 0.1) is 5.92 Å². The van der Waals surface area contributed by atoms with Gasteiger partial charge in [-0.1, -0.05) is 20.8 Å². The van der Waals surface area contributed by atoms with Crippen LogP contribution in [-0.4, -0.2) is 31.4 Å². The zero-order valence-electron chi connectivity index (χ0n) is 11.3. The molecule has 5 heteroatoms. The third-order valence-corrected chi connectivity index (χ3v) is 2.31. The molecule has 0 rings (SSSR count). The Morgan fingerprint density at radius 1 is 1.18 bits per heavy atom. The Morgan fingerprint density at radius 3 is 2.12 bits per heavy atom. The number of hydrogen-bond donors (Lipinski definition) is 3. The van der Waals surface area contributed by atoms with Crippen LogP contribution in [0.3, 0.4) is 0 Å². The molecule has 0 aromatic rings. The summed E-state index contributed by atoms with van der Waals surface area (Å²) < 4.78 is 0. The minimum absolute atomic E-state index is 0.0345. The first-order valence-electron chi connectivity index (χ1n) is 5.98. The maximum Gasteiger partial charge on any atom is 0.224 e. The molecule has 0 radical (unpaired) electrons. The van der Waals surface area contributed by atoms with E-state index in [1.807, 2.05) is 0 Å². The topological polar surface area (TPSA) is 84.2 Å². The van der Waals surface area contributed by atoms with E-state index in [1.165, 1.54) is 6.92 Å². The van der Waals surface area contributed by atoms with E-state index >= 15 is 0 Å². The number of carbonyl (C=O) groups excluding carboxylic acids is 2. The van der Waals surface area contributed by atoms with Gasteiger partial charge in [-0.2, -0.15) is 0 Å². The second-order valence-electron chi connectivity index (χ2n) is 5.47. The van der Waals surface area contributed by atoms with E-state index < -0.39 is 0 Å². The van der Waals surface area contributed by atoms with Crippen molar-refractivity contribution < 1.29 is 9.59 Å². The van der Waals surface area contributed by atoms with Crippen LogP contribution >= 0.6 is 0 Å². The zero-order valence-corrected chi connectivity index (χ0v) is 11.3. The molecule has 0 fully saturated rings. The normalized spacial score (nSPS) is 13.0. The van der Waals surface area contributed by atoms with Crippen LogP contribution in [0.5, 0.6) is 0 Å². The number of amides is 2. The van der Waals surface area contributed by atoms with Crippen molar-refractivity contribution in [2.75, 3.05) is 19.6 Å². The summed E-state index contributed by atoms with van der Waals surface area (Å²) in [6.07, 6.45) is 0.759. The van der Waals surface area contributed by atoms with Gasteiger partial charge >= 0.3 is 0 Å². The van der Waals surface area contributed by atoms with Gasteiger partial charge < -0.3 is 16.4 Å². The molecule has 0 saturated heterocycles. The van der Waals surface area contributed by atoms with Crippen molar-refractivity contribution in [2.45, 2.75) is 34.1 Å². The van der Waals surface area contributed by atoms with E-state index in [1.54, 1.807) is 0 Å². The summed E-state index contributed by atoms with van der Waals surface area (Å²) in [6.45, 7) is 8.95. The van der Waals surface area contributed by atoms with Crippen molar-refractivity contribution >= 4 is 11.8 Å². The molecule has 0 aromatic heterocycles. The third kappa shape index (κ3) is 8.68. The van der Waals surface area contributed by atoms with Crippen molar-refractivity contribution in [1.29, 1.82) is 0 Å². The predicted molar refractivity (Wildman–Crippen MR) is 68.3 cm³/mol. The number of carbonyl (C=O) groups is 2. The molecule has 0 aromatic carbocycles. The molecule has 1 atom stereocenters. The van der Waals surface area contributed by atoms with Gasteiger partial charge in [0.1, 0.15) is 0 Å². The van der Waals surface area contributed by atoms with E-state index in [0.717, 1.165) is 6.42 Å². The molecule has 0 spiro atoms. The van der Waals surface area contributed by atoms with E-state index in [2.05, 4.69) is 31.4 Å². The summed E-state index contributed by atoms with van der Waals surface area (Å²) in [4.78, 5) is 22.4. The van der Waals surface area contributed by atoms with Crippen LogP contribution in [0, 0.1) is 11.3 Å². The average molecular weight is 243 g/mol. The fourth-order valence-electron chi connectivity index (χ4n) is 1.59. The first kappa shape index (κ1) is 15.9. The van der Waals surface area contributed by atoms with Crippen LogP contribution in [-0.2, 0) is 9.59 Å². The van der Waals surface area contributed by atoms with Gasteiger partial charge in [0.25, 0.3) is 0 Å². The highest BCUT2D eigenvalue weighted by Gasteiger charge is 2.23. The van der Waals surface area contributed by atoms with E-state index in [9.17, 15) is 9.59 Å². The predicted octanol–water partition coefficient (Wildman–Crippen LogP) is 0.250. The van der Waals surface area contributed by atoms with Gasteiger partial charge in [0.2, 0.25) is 11.8 Å². The van der Waals surface area contributed by atoms with Crippen LogP contribution in [0.1, 0.15) is 34.1 Å². The maximum absolute atomic E-state index is 11.8. The highest BCUT2D eigenvalue weighted by molar-refractivity contribution is 5.79. The van der Waals surface area contributed by atoms with E-state index in [0.29, 0.717) is 19.6 Å². The molecular formula is C12H25N3O2. The highest BCUT2D eigenvalue weighted by atomic mass is 16.2. The Kier molecular flexibility index (Phi) is 6.80. The van der Waals surface area contributed by atoms with Gasteiger partial charge in [-0.25, -0.2) is 0 Å². The standard InChI is InChI=1S/C12H25N3O2/c1-9(16)14-5-6-15-11(17)10(8-13)7-12(2,3)4/h10H,5-8,13H2,1-4H3,(H,14,16)(H,15,17). The lowest BCUT2D eigenvalue weighted by Crippen LogP contribution is -2.40. The van der Waals surface area contributed by atoms with Crippen molar-refractivity contribution in [2.24, 2.45) is 17.1 Å². The quantitative estimate of drug-likeness (QED) is 0.585. The Bertz CT molecular complexity index is 259. The molecule has 0 saturated carbocycles. The summed E-state index contributed by atoms with van der Waals surface area (Å²) >= 11 is 0. The third-order valence-electron chi connectivity index (χ3n) is 2.31. The molecule has 0 aliphatic rings. The number of hydrogen-bond acceptors (Lipinski definition) is 3. The Labute approximate surface area is 104 Å². The largest absolute Gasteiger partial charge is 0.355 e. The van der Waals surface area contributed by atoms with Crippen molar-refractivity contribution in [3.8, 4) is 0 Å². The van der Waals surface area contributed by atoms with Crippen molar-refractivity contribution in [3.63, 3.8) is 0 Å². The molecule has 0 aliphatic heterocycles. The summed E-state index contributed by atoms with van der Waals surface area (Å²) in [5.74, 6) is -0.288. The molecular weight excluding hydrogens is 218 g/mol. The van der Waals surface area contributed by atoms with E-state index in [-0.39, 0.29) is 23.1 Å². The summed E-state index contributed by atoms with van der Waals surface area (Å²) in [5.41, 5.74) is 5.69. The van der Waals surface area contributed by atoms with Gasteiger partial charge in [-0.15, -0.1) is 0 Å².